The normalized spacial score (nSPS) is 21.4. The molecule has 0 bridgehead atoms. The van der Waals surface area contributed by atoms with Crippen LogP contribution in [0.4, 0.5) is 5.82 Å². The van der Waals surface area contributed by atoms with Gasteiger partial charge in [0, 0.05) is 30.2 Å². The van der Waals surface area contributed by atoms with Crippen molar-refractivity contribution < 1.29 is 6.85 Å². The lowest BCUT2D eigenvalue weighted by Crippen LogP contribution is -2.44. The van der Waals surface area contributed by atoms with Gasteiger partial charge in [-0.15, -0.1) is 0 Å². The predicted molar refractivity (Wildman–Crippen MR) is 96.8 cm³/mol. The van der Waals surface area contributed by atoms with E-state index in [0.717, 1.165) is 18.9 Å². The van der Waals surface area contributed by atoms with Gasteiger partial charge >= 0.3 is 5.69 Å². The average Bonchev–Trinajstić information content (AvgIpc) is 2.66. The van der Waals surface area contributed by atoms with Crippen LogP contribution in [0, 0.1) is 17.2 Å². The summed E-state index contributed by atoms with van der Waals surface area (Å²) < 4.78 is 41.0. The molecule has 1 saturated heterocycles. The average molecular weight is 343 g/mol. The number of anilines is 1. The van der Waals surface area contributed by atoms with E-state index >= 15 is 0 Å². The number of hydrogen-bond donors (Lipinski definition) is 0. The van der Waals surface area contributed by atoms with Crippen LogP contribution in [-0.2, 0) is 13.5 Å². The predicted octanol–water partition coefficient (Wildman–Crippen LogP) is 1.70. The highest BCUT2D eigenvalue weighted by Gasteiger charge is 2.21. The fourth-order valence-corrected chi connectivity index (χ4v) is 3.07. The topological polar surface area (TPSA) is 71.0 Å². The number of aromatic nitrogens is 2. The van der Waals surface area contributed by atoms with E-state index in [0.29, 0.717) is 17.7 Å². The Hall–Kier alpha value is -2.81. The molecule has 1 fully saturated rings. The van der Waals surface area contributed by atoms with E-state index < -0.39 is 24.7 Å². The van der Waals surface area contributed by atoms with Crippen LogP contribution in [0.25, 0.3) is 0 Å². The van der Waals surface area contributed by atoms with Crippen LogP contribution in [0.15, 0.2) is 39.9 Å². The Balaban J connectivity index is 2.37. The molecule has 0 amide bonds. The Kier molecular flexibility index (Phi) is 3.26. The van der Waals surface area contributed by atoms with Gasteiger partial charge in [0.2, 0.25) is 0 Å². The van der Waals surface area contributed by atoms with E-state index in [1.807, 2.05) is 13.0 Å². The molecule has 0 saturated carbocycles. The summed E-state index contributed by atoms with van der Waals surface area (Å²) >= 11 is 0. The van der Waals surface area contributed by atoms with E-state index in [1.165, 1.54) is 18.2 Å². The first-order chi connectivity index (χ1) is 14.0. The van der Waals surface area contributed by atoms with Gasteiger partial charge in [0.15, 0.2) is 0 Å². The van der Waals surface area contributed by atoms with Gasteiger partial charge in [-0.05, 0) is 30.4 Å². The van der Waals surface area contributed by atoms with Crippen LogP contribution >= 0.6 is 0 Å². The molecule has 25 heavy (non-hydrogen) atoms. The Morgan fingerprint density at radius 1 is 1.40 bits per heavy atom. The molecule has 0 radical (unpaired) electrons. The first-order valence-electron chi connectivity index (χ1n) is 10.6. The van der Waals surface area contributed by atoms with Crippen molar-refractivity contribution in [1.82, 2.24) is 9.13 Å². The number of piperidine rings is 1. The van der Waals surface area contributed by atoms with Crippen molar-refractivity contribution >= 4 is 5.82 Å². The first-order valence-corrected chi connectivity index (χ1v) is 8.13. The van der Waals surface area contributed by atoms with Crippen LogP contribution in [0.5, 0.6) is 0 Å². The minimum Gasteiger partial charge on any atom is -0.357 e. The van der Waals surface area contributed by atoms with Crippen LogP contribution in [0.1, 0.15) is 37.7 Å². The number of rotatable bonds is 3. The summed E-state index contributed by atoms with van der Waals surface area (Å²) in [4.78, 5) is 27.5. The Morgan fingerprint density at radius 3 is 2.92 bits per heavy atom. The smallest absolute Gasteiger partial charge is 0.332 e. The summed E-state index contributed by atoms with van der Waals surface area (Å²) in [6.07, 6.45) is 1.74. The number of nitrogens with zero attached hydrogens (tertiary/aromatic N) is 4. The van der Waals surface area contributed by atoms with Gasteiger partial charge in [0.05, 0.1) is 20.9 Å². The molecule has 3 rings (SSSR count). The maximum atomic E-state index is 13.2. The second-order valence-electron chi connectivity index (χ2n) is 6.26. The zero-order chi connectivity index (χ0) is 22.3. The molecule has 1 atom stereocenters. The van der Waals surface area contributed by atoms with Crippen LogP contribution in [0.2, 0.25) is 0 Å². The lowest BCUT2D eigenvalue weighted by molar-refractivity contribution is 0.437. The molecular formula is C19H22N4O2. The second-order valence-corrected chi connectivity index (χ2v) is 6.26. The Bertz CT molecular complexity index is 1110. The molecule has 0 N–H and O–H groups in total. The van der Waals surface area contributed by atoms with Gasteiger partial charge in [-0.2, -0.15) is 5.26 Å². The van der Waals surface area contributed by atoms with Crippen LogP contribution < -0.4 is 16.1 Å². The van der Waals surface area contributed by atoms with E-state index in [4.69, 9.17) is 6.85 Å². The molecule has 6 nitrogen and oxygen atoms in total. The zero-order valence-electron chi connectivity index (χ0n) is 18.9. The van der Waals surface area contributed by atoms with E-state index in [-0.39, 0.29) is 27.4 Å². The van der Waals surface area contributed by atoms with E-state index in [9.17, 15) is 14.9 Å². The lowest BCUT2D eigenvalue weighted by Gasteiger charge is -2.34. The fourth-order valence-electron chi connectivity index (χ4n) is 3.07. The summed E-state index contributed by atoms with van der Waals surface area (Å²) in [5, 5.41) is 9.42. The first kappa shape index (κ1) is 11.7. The summed E-state index contributed by atoms with van der Waals surface area (Å²) in [5.74, 6) is 0.263. The van der Waals surface area contributed by atoms with Crippen LogP contribution in [-0.4, -0.2) is 22.2 Å². The molecule has 1 aliphatic heterocycles. The third-order valence-corrected chi connectivity index (χ3v) is 4.35. The third-order valence-electron chi connectivity index (χ3n) is 4.35. The molecular weight excluding hydrogens is 316 g/mol. The SMILES string of the molecule is [2H]C([2H])([2H])n1c(=O)cc(N2CCC[C@@H](C)C2)n(C([2H])([2H])c2ccccc2C#N)c1=O. The molecule has 0 unspecified atom stereocenters. The maximum absolute atomic E-state index is 13.2. The standard InChI is InChI=1S/C19H22N4O2/c1-14-6-5-9-22(12-14)17-10-18(24)21(2)19(25)23(17)13-16-8-4-3-7-15(16)11-20/h3-4,7-8,10,14H,5-6,9,12-13H2,1-2H3/t14-/m1/s1/i2D3,13D2. The summed E-state index contributed by atoms with van der Waals surface area (Å²) in [6.45, 7) is -2.64. The largest absolute Gasteiger partial charge is 0.357 e. The highest BCUT2D eigenvalue weighted by molar-refractivity contribution is 5.42. The molecule has 1 aromatic heterocycles. The van der Waals surface area contributed by atoms with Gasteiger partial charge in [-0.1, -0.05) is 25.1 Å². The number of hydrogen-bond acceptors (Lipinski definition) is 4. The number of benzene rings is 1. The highest BCUT2D eigenvalue weighted by atomic mass is 16.2. The molecule has 1 aromatic carbocycles. The third kappa shape index (κ3) is 3.36. The molecule has 2 heterocycles. The minimum atomic E-state index is -3.07. The second kappa shape index (κ2) is 6.98. The van der Waals surface area contributed by atoms with Gasteiger partial charge in [-0.25, -0.2) is 4.79 Å². The van der Waals surface area contributed by atoms with Crippen molar-refractivity contribution in [1.29, 1.82) is 5.26 Å². The summed E-state index contributed by atoms with van der Waals surface area (Å²) in [6, 6.07) is 8.79. The Labute approximate surface area is 153 Å². The minimum absolute atomic E-state index is 0.00907. The Morgan fingerprint density at radius 2 is 2.20 bits per heavy atom. The van der Waals surface area contributed by atoms with Crippen molar-refractivity contribution in [2.24, 2.45) is 12.9 Å². The molecule has 6 heteroatoms. The number of nitriles is 1. The summed E-state index contributed by atoms with van der Waals surface area (Å²) in [5.41, 5.74) is -2.38. The molecule has 1 aliphatic rings. The maximum Gasteiger partial charge on any atom is 0.332 e. The van der Waals surface area contributed by atoms with Gasteiger partial charge in [0.1, 0.15) is 5.82 Å². The molecule has 2 aromatic rings. The summed E-state index contributed by atoms with van der Waals surface area (Å²) in [7, 11) is 0. The molecule has 0 spiro atoms. The van der Waals surface area contributed by atoms with Crippen molar-refractivity contribution in [3.8, 4) is 6.07 Å². The van der Waals surface area contributed by atoms with Crippen molar-refractivity contribution in [2.75, 3.05) is 18.0 Å². The monoisotopic (exact) mass is 343 g/mol. The molecule has 130 valence electrons. The van der Waals surface area contributed by atoms with Crippen molar-refractivity contribution in [2.45, 2.75) is 26.3 Å². The lowest BCUT2D eigenvalue weighted by atomic mass is 10.0. The van der Waals surface area contributed by atoms with Gasteiger partial charge < -0.3 is 4.90 Å². The van der Waals surface area contributed by atoms with Crippen molar-refractivity contribution in [3.05, 3.63) is 62.3 Å². The fraction of sp³-hybridized carbons (Fsp3) is 0.421. The highest BCUT2D eigenvalue weighted by Crippen LogP contribution is 2.22. The molecule has 0 aliphatic carbocycles. The van der Waals surface area contributed by atoms with E-state index in [1.54, 1.807) is 11.0 Å². The van der Waals surface area contributed by atoms with Crippen LogP contribution in [0.3, 0.4) is 0 Å². The quantitative estimate of drug-likeness (QED) is 0.850. The van der Waals surface area contributed by atoms with Gasteiger partial charge in [0.25, 0.3) is 5.56 Å². The zero-order valence-corrected chi connectivity index (χ0v) is 13.9. The van der Waals surface area contributed by atoms with Gasteiger partial charge in [-0.3, -0.25) is 13.9 Å². The van der Waals surface area contributed by atoms with Crippen molar-refractivity contribution in [3.63, 3.8) is 0 Å². The van der Waals surface area contributed by atoms with E-state index in [2.05, 4.69) is 0 Å².